The summed E-state index contributed by atoms with van der Waals surface area (Å²) in [5.74, 6) is -0.192. The van der Waals surface area contributed by atoms with E-state index in [9.17, 15) is 9.59 Å². The van der Waals surface area contributed by atoms with Crippen LogP contribution in [-0.4, -0.2) is 55.3 Å². The molecule has 1 aromatic rings. The summed E-state index contributed by atoms with van der Waals surface area (Å²) in [5, 5.41) is 3.07. The lowest BCUT2D eigenvalue weighted by Gasteiger charge is -2.31. The van der Waals surface area contributed by atoms with Crippen LogP contribution < -0.4 is 5.32 Å². The fourth-order valence-corrected chi connectivity index (χ4v) is 4.00. The monoisotopic (exact) mass is 400 g/mol. The Hall–Kier alpha value is -2.18. The third-order valence-electron chi connectivity index (χ3n) is 5.64. The average Bonchev–Trinajstić information content (AvgIpc) is 3.17. The molecule has 1 atom stereocenters. The van der Waals surface area contributed by atoms with Crippen molar-refractivity contribution in [1.29, 1.82) is 0 Å². The number of nitrogens with zero attached hydrogens (tertiary/aromatic N) is 1. The van der Waals surface area contributed by atoms with Gasteiger partial charge in [0.05, 0.1) is 13.2 Å². The minimum atomic E-state index is -0.525. The molecule has 2 aliphatic heterocycles. The zero-order valence-corrected chi connectivity index (χ0v) is 17.4. The van der Waals surface area contributed by atoms with Gasteiger partial charge in [0.2, 0.25) is 11.8 Å². The highest BCUT2D eigenvalue weighted by Crippen LogP contribution is 2.26. The number of nitrogens with one attached hydrogen (secondary N) is 1. The van der Waals surface area contributed by atoms with Crippen molar-refractivity contribution in [3.05, 3.63) is 42.0 Å². The van der Waals surface area contributed by atoms with Gasteiger partial charge in [-0.2, -0.15) is 0 Å². The Labute approximate surface area is 173 Å². The molecular weight excluding hydrogens is 368 g/mol. The second-order valence-corrected chi connectivity index (χ2v) is 8.23. The van der Waals surface area contributed by atoms with Crippen LogP contribution in [0.2, 0.25) is 0 Å². The molecule has 29 heavy (non-hydrogen) atoms. The number of benzene rings is 1. The van der Waals surface area contributed by atoms with E-state index in [4.69, 9.17) is 9.47 Å². The molecule has 0 saturated carbocycles. The fourth-order valence-electron chi connectivity index (χ4n) is 4.00. The van der Waals surface area contributed by atoms with Crippen molar-refractivity contribution < 1.29 is 19.1 Å². The number of likely N-dealkylation sites (tertiary alicyclic amines) is 1. The zero-order chi connectivity index (χ0) is 20.7. The van der Waals surface area contributed by atoms with E-state index in [0.717, 1.165) is 12.0 Å². The summed E-state index contributed by atoms with van der Waals surface area (Å²) < 4.78 is 11.3. The van der Waals surface area contributed by atoms with E-state index in [0.29, 0.717) is 45.7 Å². The summed E-state index contributed by atoms with van der Waals surface area (Å²) in [4.78, 5) is 26.7. The van der Waals surface area contributed by atoms with Gasteiger partial charge in [0, 0.05) is 38.0 Å². The van der Waals surface area contributed by atoms with E-state index in [-0.39, 0.29) is 23.7 Å². The third kappa shape index (κ3) is 6.41. The summed E-state index contributed by atoms with van der Waals surface area (Å²) in [5.41, 5.74) is 1.01. The van der Waals surface area contributed by atoms with Gasteiger partial charge in [-0.25, -0.2) is 0 Å². The number of hydrogen-bond acceptors (Lipinski definition) is 4. The van der Waals surface area contributed by atoms with Gasteiger partial charge in [-0.3, -0.25) is 9.59 Å². The van der Waals surface area contributed by atoms with E-state index in [1.165, 1.54) is 0 Å². The standard InChI is InChI=1S/C23H32N2O4/c1-18(16-23(2)28-14-15-29-23)17-24-22(27)20-10-12-25(13-11-20)21(26)9-8-19-6-4-3-5-7-19/h3-9,18,20H,10-17H2,1-2H3,(H,24,27). The number of piperidine rings is 1. The first kappa shape index (κ1) is 21.5. The van der Waals surface area contributed by atoms with Gasteiger partial charge in [-0.15, -0.1) is 0 Å². The number of rotatable bonds is 7. The van der Waals surface area contributed by atoms with Crippen LogP contribution in [0.25, 0.3) is 6.08 Å². The van der Waals surface area contributed by atoms with Crippen LogP contribution >= 0.6 is 0 Å². The molecule has 1 unspecified atom stereocenters. The van der Waals surface area contributed by atoms with Crippen LogP contribution in [0.15, 0.2) is 36.4 Å². The van der Waals surface area contributed by atoms with E-state index >= 15 is 0 Å². The molecule has 1 aromatic carbocycles. The maximum atomic E-state index is 12.5. The van der Waals surface area contributed by atoms with Crippen molar-refractivity contribution in [3.63, 3.8) is 0 Å². The highest BCUT2D eigenvalue weighted by molar-refractivity contribution is 5.92. The van der Waals surface area contributed by atoms with Gasteiger partial charge >= 0.3 is 0 Å². The maximum Gasteiger partial charge on any atom is 0.246 e. The van der Waals surface area contributed by atoms with Gasteiger partial charge in [-0.1, -0.05) is 37.3 Å². The van der Waals surface area contributed by atoms with Crippen LogP contribution in [0.5, 0.6) is 0 Å². The molecule has 0 aliphatic carbocycles. The maximum absolute atomic E-state index is 12.5. The predicted molar refractivity (Wildman–Crippen MR) is 112 cm³/mol. The zero-order valence-electron chi connectivity index (χ0n) is 17.4. The second kappa shape index (κ2) is 10.0. The lowest BCUT2D eigenvalue weighted by Crippen LogP contribution is -2.43. The van der Waals surface area contributed by atoms with E-state index in [1.54, 1.807) is 6.08 Å². The van der Waals surface area contributed by atoms with Crippen LogP contribution in [0.1, 0.15) is 38.7 Å². The van der Waals surface area contributed by atoms with Gasteiger partial charge in [0.25, 0.3) is 0 Å². The largest absolute Gasteiger partial charge is 0.356 e. The smallest absolute Gasteiger partial charge is 0.246 e. The van der Waals surface area contributed by atoms with Crippen LogP contribution in [0.4, 0.5) is 0 Å². The Morgan fingerprint density at radius 2 is 1.86 bits per heavy atom. The Balaban J connectivity index is 1.37. The summed E-state index contributed by atoms with van der Waals surface area (Å²) in [6.45, 7) is 7.16. The molecule has 0 aromatic heterocycles. The average molecular weight is 401 g/mol. The van der Waals surface area contributed by atoms with E-state index in [1.807, 2.05) is 48.2 Å². The number of carbonyl (C=O) groups is 2. The molecule has 6 heteroatoms. The number of carbonyl (C=O) groups excluding carboxylic acids is 2. The molecule has 3 rings (SSSR count). The summed E-state index contributed by atoms with van der Waals surface area (Å²) >= 11 is 0. The fraction of sp³-hybridized carbons (Fsp3) is 0.565. The molecule has 0 radical (unpaired) electrons. The van der Waals surface area contributed by atoms with Crippen molar-refractivity contribution >= 4 is 17.9 Å². The highest BCUT2D eigenvalue weighted by atomic mass is 16.7. The van der Waals surface area contributed by atoms with Crippen molar-refractivity contribution in [3.8, 4) is 0 Å². The molecule has 158 valence electrons. The molecule has 2 heterocycles. The van der Waals surface area contributed by atoms with E-state index < -0.39 is 5.79 Å². The minimum Gasteiger partial charge on any atom is -0.356 e. The first-order chi connectivity index (χ1) is 14.0. The van der Waals surface area contributed by atoms with E-state index in [2.05, 4.69) is 12.2 Å². The van der Waals surface area contributed by atoms with Crippen LogP contribution in [0, 0.1) is 11.8 Å². The molecule has 2 aliphatic rings. The molecule has 2 amide bonds. The first-order valence-corrected chi connectivity index (χ1v) is 10.5. The van der Waals surface area contributed by atoms with Gasteiger partial charge in [-0.05, 0) is 37.3 Å². The molecule has 2 saturated heterocycles. The Morgan fingerprint density at radius 1 is 1.21 bits per heavy atom. The van der Waals surface area contributed by atoms with Gasteiger partial charge < -0.3 is 19.7 Å². The summed E-state index contributed by atoms with van der Waals surface area (Å²) in [7, 11) is 0. The topological polar surface area (TPSA) is 67.9 Å². The first-order valence-electron chi connectivity index (χ1n) is 10.5. The van der Waals surface area contributed by atoms with Gasteiger partial charge in [0.15, 0.2) is 5.79 Å². The summed E-state index contributed by atoms with van der Waals surface area (Å²) in [6.07, 6.45) is 5.62. The van der Waals surface area contributed by atoms with Crippen LogP contribution in [-0.2, 0) is 19.1 Å². The highest BCUT2D eigenvalue weighted by Gasteiger charge is 2.33. The van der Waals surface area contributed by atoms with Crippen molar-refractivity contribution in [1.82, 2.24) is 10.2 Å². The molecule has 0 spiro atoms. The van der Waals surface area contributed by atoms with Crippen molar-refractivity contribution in [2.75, 3.05) is 32.8 Å². The molecule has 6 nitrogen and oxygen atoms in total. The molecular formula is C23H32N2O4. The SMILES string of the molecule is CC(CNC(=O)C1CCN(C(=O)C=Cc2ccccc2)CC1)CC1(C)OCCO1. The summed E-state index contributed by atoms with van der Waals surface area (Å²) in [6, 6.07) is 9.78. The van der Waals surface area contributed by atoms with Crippen molar-refractivity contribution in [2.24, 2.45) is 11.8 Å². The Bertz CT molecular complexity index is 705. The van der Waals surface area contributed by atoms with Crippen LogP contribution in [0.3, 0.4) is 0 Å². The minimum absolute atomic E-state index is 0.00569. The van der Waals surface area contributed by atoms with Crippen molar-refractivity contribution in [2.45, 2.75) is 38.9 Å². The predicted octanol–water partition coefficient (Wildman–Crippen LogP) is 2.84. The molecule has 1 N–H and O–H groups in total. The quantitative estimate of drug-likeness (QED) is 0.715. The Morgan fingerprint density at radius 3 is 2.52 bits per heavy atom. The molecule has 0 bridgehead atoms. The number of ether oxygens (including phenoxy) is 2. The molecule has 2 fully saturated rings. The lowest BCUT2D eigenvalue weighted by molar-refractivity contribution is -0.154. The number of hydrogen-bond donors (Lipinski definition) is 1. The number of amides is 2. The second-order valence-electron chi connectivity index (χ2n) is 8.23. The lowest BCUT2D eigenvalue weighted by atomic mass is 9.95. The van der Waals surface area contributed by atoms with Gasteiger partial charge in [0.1, 0.15) is 0 Å². The Kier molecular flexibility index (Phi) is 7.45. The third-order valence-corrected chi connectivity index (χ3v) is 5.64. The normalized spacial score (nSPS) is 20.7.